The first-order valence-corrected chi connectivity index (χ1v) is 4.88. The van der Waals surface area contributed by atoms with Gasteiger partial charge >= 0.3 is 5.97 Å². The van der Waals surface area contributed by atoms with Crippen LogP contribution in [0.4, 0.5) is 4.39 Å². The summed E-state index contributed by atoms with van der Waals surface area (Å²) < 4.78 is 18.2. The highest BCUT2D eigenvalue weighted by molar-refractivity contribution is 9.08. The number of rotatable bonds is 3. The molecular weight excluding hydrogens is 255 g/mol. The molecule has 0 saturated heterocycles. The SMILES string of the molecule is COc1cc(CBr)c(F)c(C(=O)O)c1. The zero-order valence-electron chi connectivity index (χ0n) is 7.38. The fraction of sp³-hybridized carbons (Fsp3) is 0.222. The van der Waals surface area contributed by atoms with Crippen molar-refractivity contribution in [3.63, 3.8) is 0 Å². The molecule has 0 unspecified atom stereocenters. The third-order valence-corrected chi connectivity index (χ3v) is 2.34. The van der Waals surface area contributed by atoms with Crippen LogP contribution in [-0.4, -0.2) is 18.2 Å². The quantitative estimate of drug-likeness (QED) is 0.852. The van der Waals surface area contributed by atoms with Crippen molar-refractivity contribution in [3.05, 3.63) is 29.1 Å². The molecule has 76 valence electrons. The first kappa shape index (κ1) is 11.0. The number of hydrogen-bond acceptors (Lipinski definition) is 2. The number of ether oxygens (including phenoxy) is 1. The van der Waals surface area contributed by atoms with E-state index in [4.69, 9.17) is 9.84 Å². The van der Waals surface area contributed by atoms with Crippen molar-refractivity contribution < 1.29 is 19.0 Å². The van der Waals surface area contributed by atoms with Crippen LogP contribution in [0.15, 0.2) is 12.1 Å². The minimum atomic E-state index is -1.30. The number of halogens is 2. The van der Waals surface area contributed by atoms with E-state index in [1.807, 2.05) is 0 Å². The van der Waals surface area contributed by atoms with Gasteiger partial charge in [-0.25, -0.2) is 9.18 Å². The van der Waals surface area contributed by atoms with E-state index < -0.39 is 11.8 Å². The molecule has 0 radical (unpaired) electrons. The van der Waals surface area contributed by atoms with Crippen LogP contribution in [0.1, 0.15) is 15.9 Å². The van der Waals surface area contributed by atoms with E-state index in [0.717, 1.165) is 6.07 Å². The van der Waals surface area contributed by atoms with Crippen molar-refractivity contribution in [1.82, 2.24) is 0 Å². The summed E-state index contributed by atoms with van der Waals surface area (Å²) >= 11 is 3.07. The number of hydrogen-bond donors (Lipinski definition) is 1. The van der Waals surface area contributed by atoms with E-state index in [2.05, 4.69) is 15.9 Å². The highest BCUT2D eigenvalue weighted by atomic mass is 79.9. The van der Waals surface area contributed by atoms with E-state index in [0.29, 0.717) is 5.75 Å². The van der Waals surface area contributed by atoms with Gasteiger partial charge in [-0.15, -0.1) is 0 Å². The summed E-state index contributed by atoms with van der Waals surface area (Å²) in [6.45, 7) is 0. The van der Waals surface area contributed by atoms with Gasteiger partial charge in [-0.2, -0.15) is 0 Å². The Morgan fingerprint density at radius 3 is 2.71 bits per heavy atom. The second kappa shape index (κ2) is 4.41. The summed E-state index contributed by atoms with van der Waals surface area (Å²) in [6, 6.07) is 2.61. The van der Waals surface area contributed by atoms with Gasteiger partial charge in [-0.1, -0.05) is 15.9 Å². The lowest BCUT2D eigenvalue weighted by atomic mass is 10.1. The Labute approximate surface area is 88.6 Å². The van der Waals surface area contributed by atoms with Crippen molar-refractivity contribution in [2.24, 2.45) is 0 Å². The second-order valence-electron chi connectivity index (χ2n) is 2.59. The number of carboxylic acid groups (broad SMARTS) is 1. The molecule has 5 heteroatoms. The first-order chi connectivity index (χ1) is 6.60. The molecular formula is C9H8BrFO3. The number of aromatic carboxylic acids is 1. The Hall–Kier alpha value is -1.10. The first-order valence-electron chi connectivity index (χ1n) is 3.75. The van der Waals surface area contributed by atoms with Gasteiger partial charge in [0.05, 0.1) is 12.7 Å². The van der Waals surface area contributed by atoms with Gasteiger partial charge in [0.1, 0.15) is 11.6 Å². The zero-order chi connectivity index (χ0) is 10.7. The van der Waals surface area contributed by atoms with Crippen LogP contribution in [0, 0.1) is 5.82 Å². The summed E-state index contributed by atoms with van der Waals surface area (Å²) in [5.74, 6) is -1.70. The number of carboxylic acids is 1. The molecule has 1 N–H and O–H groups in total. The van der Waals surface area contributed by atoms with Crippen LogP contribution in [0.2, 0.25) is 0 Å². The summed E-state index contributed by atoms with van der Waals surface area (Å²) in [5.41, 5.74) is -0.111. The number of methoxy groups -OCH3 is 1. The van der Waals surface area contributed by atoms with Crippen molar-refractivity contribution >= 4 is 21.9 Å². The van der Waals surface area contributed by atoms with E-state index in [1.165, 1.54) is 13.2 Å². The van der Waals surface area contributed by atoms with Crippen molar-refractivity contribution in [3.8, 4) is 5.75 Å². The Bertz CT molecular complexity index is 365. The predicted molar refractivity (Wildman–Crippen MR) is 52.5 cm³/mol. The van der Waals surface area contributed by atoms with Gasteiger partial charge in [0.25, 0.3) is 0 Å². The largest absolute Gasteiger partial charge is 0.497 e. The Morgan fingerprint density at radius 2 is 2.29 bits per heavy atom. The molecule has 0 bridgehead atoms. The molecule has 0 heterocycles. The minimum absolute atomic E-state index is 0.246. The van der Waals surface area contributed by atoms with Gasteiger partial charge < -0.3 is 9.84 Å². The number of alkyl halides is 1. The van der Waals surface area contributed by atoms with Gasteiger partial charge in [0.15, 0.2) is 0 Å². The van der Waals surface area contributed by atoms with Crippen molar-refractivity contribution in [2.75, 3.05) is 7.11 Å². The summed E-state index contributed by atoms with van der Waals surface area (Å²) in [7, 11) is 1.40. The van der Waals surface area contributed by atoms with Gasteiger partial charge in [0, 0.05) is 10.9 Å². The van der Waals surface area contributed by atoms with E-state index in [9.17, 15) is 9.18 Å². The fourth-order valence-electron chi connectivity index (χ4n) is 1.03. The topological polar surface area (TPSA) is 46.5 Å². The Morgan fingerprint density at radius 1 is 1.64 bits per heavy atom. The smallest absolute Gasteiger partial charge is 0.338 e. The maximum atomic E-state index is 13.4. The fourth-order valence-corrected chi connectivity index (χ4v) is 1.43. The molecule has 0 fully saturated rings. The Kier molecular flexibility index (Phi) is 3.46. The molecule has 3 nitrogen and oxygen atoms in total. The molecule has 0 aliphatic rings. The minimum Gasteiger partial charge on any atom is -0.497 e. The van der Waals surface area contributed by atoms with Crippen molar-refractivity contribution in [2.45, 2.75) is 5.33 Å². The lowest BCUT2D eigenvalue weighted by Crippen LogP contribution is -2.04. The van der Waals surface area contributed by atoms with Gasteiger partial charge in [-0.3, -0.25) is 0 Å². The van der Waals surface area contributed by atoms with E-state index >= 15 is 0 Å². The standard InChI is InChI=1S/C9H8BrFO3/c1-14-6-2-5(4-10)8(11)7(3-6)9(12)13/h2-3H,4H2,1H3,(H,12,13). The van der Waals surface area contributed by atoms with E-state index in [-0.39, 0.29) is 16.5 Å². The third-order valence-electron chi connectivity index (χ3n) is 1.73. The summed E-state index contributed by atoms with van der Waals surface area (Å²) in [4.78, 5) is 10.6. The average molecular weight is 263 g/mol. The Balaban J connectivity index is 3.34. The molecule has 0 saturated carbocycles. The highest BCUT2D eigenvalue weighted by Gasteiger charge is 2.15. The maximum absolute atomic E-state index is 13.4. The molecule has 0 aliphatic carbocycles. The molecule has 14 heavy (non-hydrogen) atoms. The summed E-state index contributed by atoms with van der Waals surface area (Å²) in [6.07, 6.45) is 0. The molecule has 0 amide bonds. The molecule has 0 atom stereocenters. The molecule has 0 aliphatic heterocycles. The van der Waals surface area contributed by atoms with Crippen LogP contribution >= 0.6 is 15.9 Å². The number of carbonyl (C=O) groups is 1. The monoisotopic (exact) mass is 262 g/mol. The molecule has 0 spiro atoms. The normalized spacial score (nSPS) is 9.93. The summed E-state index contributed by atoms with van der Waals surface area (Å²) in [5, 5.41) is 8.94. The highest BCUT2D eigenvalue weighted by Crippen LogP contribution is 2.23. The van der Waals surface area contributed by atoms with Crippen LogP contribution in [0.3, 0.4) is 0 Å². The lowest BCUT2D eigenvalue weighted by Gasteiger charge is -2.06. The zero-order valence-corrected chi connectivity index (χ0v) is 8.97. The van der Waals surface area contributed by atoms with Crippen molar-refractivity contribution in [1.29, 1.82) is 0 Å². The molecule has 1 aromatic carbocycles. The van der Waals surface area contributed by atoms with E-state index in [1.54, 1.807) is 0 Å². The maximum Gasteiger partial charge on any atom is 0.338 e. The van der Waals surface area contributed by atoms with Gasteiger partial charge in [0.2, 0.25) is 0 Å². The molecule has 1 rings (SSSR count). The lowest BCUT2D eigenvalue weighted by molar-refractivity contribution is 0.0691. The van der Waals surface area contributed by atoms with Crippen LogP contribution in [-0.2, 0) is 5.33 Å². The second-order valence-corrected chi connectivity index (χ2v) is 3.15. The third kappa shape index (κ3) is 2.04. The molecule has 0 aromatic heterocycles. The molecule has 1 aromatic rings. The van der Waals surface area contributed by atoms with Crippen LogP contribution < -0.4 is 4.74 Å². The van der Waals surface area contributed by atoms with Crippen LogP contribution in [0.5, 0.6) is 5.75 Å². The number of benzene rings is 1. The average Bonchev–Trinajstić information content (AvgIpc) is 2.17. The van der Waals surface area contributed by atoms with Crippen LogP contribution in [0.25, 0.3) is 0 Å². The predicted octanol–water partition coefficient (Wildman–Crippen LogP) is 2.43. The van der Waals surface area contributed by atoms with Gasteiger partial charge in [-0.05, 0) is 12.1 Å².